The zero-order valence-electron chi connectivity index (χ0n) is 27.5. The lowest BCUT2D eigenvalue weighted by molar-refractivity contribution is -0.177. The fourth-order valence-electron chi connectivity index (χ4n) is 9.78. The lowest BCUT2D eigenvalue weighted by Crippen LogP contribution is -2.60. The minimum Gasteiger partial charge on any atom is -0.460 e. The highest BCUT2D eigenvalue weighted by molar-refractivity contribution is 5.79. The minimum absolute atomic E-state index is 0.0387. The standard InChI is InChI=1S/C18H23NO2.C13H18O4.C7H9N/c1-12-9-14-7-8-16-18(14,15(10-12)17(20)21-16)19-11-13-5-3-2-4-6-13;1-7-5-9-3-4-11-13(9,17-8(2)14)10(6-7)12(15)16-11;8-6-7-4-2-1-3-5-7/h2-6,12,14-16,19H,7-11H2,1H3;7,9-11H,3-6H2,1-2H3;1-5H,6,8H2/t12-,14?,15?,16+,18-;7-,9+,10?,11+,13-;/m00./s1. The van der Waals surface area contributed by atoms with Gasteiger partial charge in [-0.05, 0) is 80.2 Å². The molecule has 4 saturated carbocycles. The summed E-state index contributed by atoms with van der Waals surface area (Å²) in [5, 5.41) is 3.78. The van der Waals surface area contributed by atoms with E-state index in [0.717, 1.165) is 45.1 Å². The van der Waals surface area contributed by atoms with Gasteiger partial charge >= 0.3 is 17.9 Å². The number of nitrogens with one attached hydrogen (secondary N) is 1. The van der Waals surface area contributed by atoms with E-state index in [9.17, 15) is 14.4 Å². The van der Waals surface area contributed by atoms with Crippen LogP contribution in [0.4, 0.5) is 0 Å². The quantitative estimate of drug-likeness (QED) is 0.319. The van der Waals surface area contributed by atoms with Crippen LogP contribution in [0, 0.1) is 35.5 Å². The molecule has 0 radical (unpaired) electrons. The number of nitrogens with two attached hydrogens (primary N) is 1. The van der Waals surface area contributed by atoms with Gasteiger partial charge in [-0.15, -0.1) is 0 Å². The number of benzene rings is 2. The molecule has 6 fully saturated rings. The molecule has 2 heterocycles. The van der Waals surface area contributed by atoms with Gasteiger partial charge in [0.25, 0.3) is 0 Å². The van der Waals surface area contributed by atoms with Crippen LogP contribution in [0.1, 0.15) is 83.3 Å². The van der Waals surface area contributed by atoms with Crippen LogP contribution >= 0.6 is 0 Å². The number of rotatable bonds is 5. The molecule has 8 heteroatoms. The SMILES string of the molecule is CC(=O)O[C@]12C3C[C@@H](C)C[C@H]1CC[C@H]2OC3=O.C[C@H]1CC2CC[C@H]3OC(=O)C(C1)[C@@]23NCc1ccccc1.NCc1ccccc1. The fraction of sp³-hybridized carbons (Fsp3) is 0.605. The molecule has 0 amide bonds. The van der Waals surface area contributed by atoms with Crippen LogP contribution in [0.5, 0.6) is 0 Å². The number of carbonyl (C=O) groups excluding carboxylic acids is 3. The third-order valence-electron chi connectivity index (χ3n) is 11.6. The van der Waals surface area contributed by atoms with E-state index >= 15 is 0 Å². The smallest absolute Gasteiger partial charge is 0.313 e. The van der Waals surface area contributed by atoms with Gasteiger partial charge in [-0.2, -0.15) is 0 Å². The van der Waals surface area contributed by atoms with E-state index in [1.54, 1.807) is 0 Å². The van der Waals surface area contributed by atoms with E-state index in [4.69, 9.17) is 19.9 Å². The van der Waals surface area contributed by atoms with Crippen molar-refractivity contribution in [3.05, 3.63) is 71.8 Å². The van der Waals surface area contributed by atoms with E-state index in [2.05, 4.69) is 43.4 Å². The summed E-state index contributed by atoms with van der Waals surface area (Å²) in [4.78, 5) is 35.6. The molecule has 8 nitrogen and oxygen atoms in total. The highest BCUT2D eigenvalue weighted by atomic mass is 16.6. The van der Waals surface area contributed by atoms with Gasteiger partial charge in [-0.25, -0.2) is 0 Å². The monoisotopic (exact) mass is 630 g/mol. The molecule has 46 heavy (non-hydrogen) atoms. The Labute approximate surface area is 273 Å². The Morgan fingerprint density at radius 3 is 1.96 bits per heavy atom. The van der Waals surface area contributed by atoms with Gasteiger partial charge in [0.15, 0.2) is 5.60 Å². The number of hydrogen-bond donors (Lipinski definition) is 2. The van der Waals surface area contributed by atoms with Crippen molar-refractivity contribution in [3.63, 3.8) is 0 Å². The Balaban J connectivity index is 0.000000133. The van der Waals surface area contributed by atoms with Crippen LogP contribution in [0.25, 0.3) is 0 Å². The van der Waals surface area contributed by atoms with E-state index in [1.807, 2.05) is 36.4 Å². The van der Waals surface area contributed by atoms with Crippen LogP contribution in [0.3, 0.4) is 0 Å². The van der Waals surface area contributed by atoms with Crippen LogP contribution in [0.15, 0.2) is 60.7 Å². The molecule has 0 aromatic heterocycles. The molecular weight excluding hydrogens is 580 g/mol. The summed E-state index contributed by atoms with van der Waals surface area (Å²) in [5.74, 6) is 1.45. The van der Waals surface area contributed by atoms with Crippen LogP contribution in [0.2, 0.25) is 0 Å². The van der Waals surface area contributed by atoms with Crippen molar-refractivity contribution in [3.8, 4) is 0 Å². The number of carbonyl (C=O) groups is 3. The molecule has 3 N–H and O–H groups in total. The first-order valence-electron chi connectivity index (χ1n) is 17.3. The van der Waals surface area contributed by atoms with Crippen molar-refractivity contribution in [1.29, 1.82) is 0 Å². The molecule has 6 aliphatic rings. The summed E-state index contributed by atoms with van der Waals surface area (Å²) >= 11 is 0. The van der Waals surface area contributed by atoms with E-state index in [0.29, 0.717) is 30.2 Å². The van der Waals surface area contributed by atoms with Gasteiger partial charge in [-0.1, -0.05) is 74.5 Å². The van der Waals surface area contributed by atoms with Crippen molar-refractivity contribution in [2.45, 2.75) is 109 Å². The summed E-state index contributed by atoms with van der Waals surface area (Å²) in [6, 6.07) is 20.5. The largest absolute Gasteiger partial charge is 0.460 e. The second-order valence-corrected chi connectivity index (χ2v) is 14.6. The maximum absolute atomic E-state index is 12.3. The first-order chi connectivity index (χ1) is 22.2. The predicted octanol–water partition coefficient (Wildman–Crippen LogP) is 5.71. The molecule has 0 spiro atoms. The Bertz CT molecular complexity index is 1390. The highest BCUT2D eigenvalue weighted by Gasteiger charge is 2.69. The molecule has 2 aliphatic heterocycles. The first-order valence-corrected chi connectivity index (χ1v) is 17.3. The lowest BCUT2D eigenvalue weighted by Gasteiger charge is -2.44. The summed E-state index contributed by atoms with van der Waals surface area (Å²) in [6.07, 6.45) is 8.01. The molecule has 2 aromatic rings. The molecular formula is C38H50N2O6. The van der Waals surface area contributed by atoms with Gasteiger partial charge in [0.1, 0.15) is 18.1 Å². The number of hydrogen-bond acceptors (Lipinski definition) is 8. The van der Waals surface area contributed by atoms with Gasteiger partial charge in [0.2, 0.25) is 0 Å². The zero-order chi connectivity index (χ0) is 32.5. The lowest BCUT2D eigenvalue weighted by atomic mass is 9.64. The van der Waals surface area contributed by atoms with E-state index in [1.165, 1.54) is 30.9 Å². The Kier molecular flexibility index (Phi) is 9.58. The molecule has 0 bridgehead atoms. The predicted molar refractivity (Wildman–Crippen MR) is 174 cm³/mol. The molecule has 10 atom stereocenters. The average Bonchev–Trinajstić information content (AvgIpc) is 3.74. The van der Waals surface area contributed by atoms with Gasteiger partial charge < -0.3 is 25.3 Å². The Morgan fingerprint density at radius 1 is 0.783 bits per heavy atom. The summed E-state index contributed by atoms with van der Waals surface area (Å²) in [7, 11) is 0. The maximum Gasteiger partial charge on any atom is 0.313 e. The van der Waals surface area contributed by atoms with Crippen LogP contribution in [-0.2, 0) is 41.7 Å². The minimum atomic E-state index is -0.630. The molecule has 3 unspecified atom stereocenters. The zero-order valence-corrected chi connectivity index (χ0v) is 27.5. The van der Waals surface area contributed by atoms with E-state index in [-0.39, 0.29) is 47.5 Å². The van der Waals surface area contributed by atoms with Gasteiger partial charge in [0.05, 0.1) is 11.5 Å². The van der Waals surface area contributed by atoms with Crippen LogP contribution in [-0.4, -0.2) is 41.3 Å². The van der Waals surface area contributed by atoms with Crippen molar-refractivity contribution in [2.75, 3.05) is 0 Å². The van der Waals surface area contributed by atoms with E-state index < -0.39 is 5.60 Å². The average molecular weight is 631 g/mol. The molecule has 4 aliphatic carbocycles. The van der Waals surface area contributed by atoms with Crippen molar-refractivity contribution >= 4 is 17.9 Å². The third kappa shape index (κ3) is 5.99. The number of esters is 3. The topological polar surface area (TPSA) is 117 Å². The Hall–Kier alpha value is -3.23. The molecule has 2 aromatic carbocycles. The second kappa shape index (κ2) is 13.5. The number of ether oxygens (including phenoxy) is 3. The maximum atomic E-state index is 12.3. The first kappa shape index (κ1) is 32.7. The van der Waals surface area contributed by atoms with Gasteiger partial charge in [0, 0.05) is 25.9 Å². The van der Waals surface area contributed by atoms with Gasteiger partial charge in [-0.3, -0.25) is 14.4 Å². The van der Waals surface area contributed by atoms with Crippen molar-refractivity contribution < 1.29 is 28.6 Å². The highest BCUT2D eigenvalue weighted by Crippen LogP contribution is 2.58. The summed E-state index contributed by atoms with van der Waals surface area (Å²) in [5.41, 5.74) is 7.09. The van der Waals surface area contributed by atoms with Crippen molar-refractivity contribution in [1.82, 2.24) is 5.32 Å². The van der Waals surface area contributed by atoms with Crippen molar-refractivity contribution in [2.24, 2.45) is 41.2 Å². The molecule has 8 rings (SSSR count). The molecule has 2 saturated heterocycles. The fourth-order valence-corrected chi connectivity index (χ4v) is 9.78. The second-order valence-electron chi connectivity index (χ2n) is 14.6. The molecule has 248 valence electrons. The summed E-state index contributed by atoms with van der Waals surface area (Å²) < 4.78 is 16.8. The Morgan fingerprint density at radius 2 is 1.33 bits per heavy atom. The summed E-state index contributed by atoms with van der Waals surface area (Å²) in [6.45, 7) is 7.33. The van der Waals surface area contributed by atoms with Crippen LogP contribution < -0.4 is 11.1 Å². The normalized spacial score (nSPS) is 37.8. The third-order valence-corrected chi connectivity index (χ3v) is 11.6.